The number of hydrogen-bond acceptors (Lipinski definition) is 2. The van der Waals surface area contributed by atoms with Crippen LogP contribution in [0, 0.1) is 9.39 Å². The van der Waals surface area contributed by atoms with Gasteiger partial charge in [0.2, 0.25) is 5.91 Å². The van der Waals surface area contributed by atoms with Gasteiger partial charge in [0.15, 0.2) is 0 Å². The van der Waals surface area contributed by atoms with E-state index >= 15 is 0 Å². The van der Waals surface area contributed by atoms with E-state index < -0.39 is 31.0 Å². The van der Waals surface area contributed by atoms with Gasteiger partial charge in [-0.15, -0.1) is 0 Å². The van der Waals surface area contributed by atoms with Gasteiger partial charge < -0.3 is 10.6 Å². The van der Waals surface area contributed by atoms with Crippen LogP contribution >= 0.6 is 22.6 Å². The molecule has 1 aromatic rings. The molecule has 0 aliphatic rings. The predicted octanol–water partition coefficient (Wildman–Crippen LogP) is 2.52. The molecule has 8 heteroatoms. The third-order valence-corrected chi connectivity index (χ3v) is 2.93. The molecule has 0 radical (unpaired) electrons. The van der Waals surface area contributed by atoms with Gasteiger partial charge in [-0.1, -0.05) is 6.07 Å². The van der Waals surface area contributed by atoms with Crippen molar-refractivity contribution in [2.45, 2.75) is 6.18 Å². The van der Waals surface area contributed by atoms with Crippen molar-refractivity contribution >= 4 is 34.2 Å². The highest BCUT2D eigenvalue weighted by Crippen LogP contribution is 2.20. The fraction of sp³-hybridized carbons (Fsp3) is 0.300. The first-order valence-corrected chi connectivity index (χ1v) is 5.89. The van der Waals surface area contributed by atoms with E-state index in [1.165, 1.54) is 18.2 Å². The first-order valence-electron chi connectivity index (χ1n) is 4.81. The Morgan fingerprint density at radius 2 is 2.00 bits per heavy atom. The molecule has 1 aromatic carbocycles. The predicted molar refractivity (Wildman–Crippen MR) is 66.7 cm³/mol. The van der Waals surface area contributed by atoms with Crippen LogP contribution < -0.4 is 10.6 Å². The summed E-state index contributed by atoms with van der Waals surface area (Å²) in [6.07, 6.45) is -4.37. The monoisotopic (exact) mass is 376 g/mol. The van der Waals surface area contributed by atoms with E-state index in [0.717, 1.165) is 0 Å². The molecule has 0 saturated carbocycles. The molecular formula is C10H9F4IN2O. The maximum Gasteiger partial charge on any atom is 0.401 e. The largest absolute Gasteiger partial charge is 0.401 e. The first kappa shape index (κ1) is 15.2. The lowest BCUT2D eigenvalue weighted by Gasteiger charge is -2.10. The molecule has 0 bridgehead atoms. The fourth-order valence-electron chi connectivity index (χ4n) is 1.11. The van der Waals surface area contributed by atoms with E-state index in [4.69, 9.17) is 0 Å². The smallest absolute Gasteiger partial charge is 0.324 e. The minimum Gasteiger partial charge on any atom is -0.324 e. The number of carbonyl (C=O) groups is 1. The standard InChI is InChI=1S/C10H9F4IN2O/c11-6-2-1-3-7(9(6)15)17-8(18)4-16-5-10(12,13)14/h1-3,16H,4-5H2,(H,17,18). The molecule has 1 rings (SSSR count). The zero-order valence-electron chi connectivity index (χ0n) is 8.94. The van der Waals surface area contributed by atoms with Gasteiger partial charge in [-0.25, -0.2) is 4.39 Å². The summed E-state index contributed by atoms with van der Waals surface area (Å²) in [4.78, 5) is 11.3. The SMILES string of the molecule is O=C(CNCC(F)(F)F)Nc1cccc(F)c1I. The number of alkyl halides is 3. The topological polar surface area (TPSA) is 41.1 Å². The molecule has 18 heavy (non-hydrogen) atoms. The quantitative estimate of drug-likeness (QED) is 0.627. The second kappa shape index (κ2) is 6.32. The van der Waals surface area contributed by atoms with Crippen LogP contribution in [0.2, 0.25) is 0 Å². The van der Waals surface area contributed by atoms with Crippen LogP contribution in [-0.2, 0) is 4.79 Å². The zero-order chi connectivity index (χ0) is 13.8. The maximum atomic E-state index is 13.1. The highest BCUT2D eigenvalue weighted by Gasteiger charge is 2.26. The lowest BCUT2D eigenvalue weighted by atomic mass is 10.3. The van der Waals surface area contributed by atoms with E-state index in [1.807, 2.05) is 5.32 Å². The molecule has 0 atom stereocenters. The lowest BCUT2D eigenvalue weighted by molar-refractivity contribution is -0.126. The molecule has 3 nitrogen and oxygen atoms in total. The Morgan fingerprint density at radius 1 is 1.33 bits per heavy atom. The van der Waals surface area contributed by atoms with Crippen LogP contribution in [0.3, 0.4) is 0 Å². The molecule has 2 N–H and O–H groups in total. The van der Waals surface area contributed by atoms with Gasteiger partial charge in [-0.05, 0) is 34.7 Å². The number of benzene rings is 1. The van der Waals surface area contributed by atoms with E-state index in [1.54, 1.807) is 22.6 Å². The van der Waals surface area contributed by atoms with Crippen molar-refractivity contribution in [2.24, 2.45) is 0 Å². The second-order valence-corrected chi connectivity index (χ2v) is 4.45. The van der Waals surface area contributed by atoms with Gasteiger partial charge in [-0.3, -0.25) is 4.79 Å². The van der Waals surface area contributed by atoms with Gasteiger partial charge in [0.1, 0.15) is 5.82 Å². The summed E-state index contributed by atoms with van der Waals surface area (Å²) in [5.41, 5.74) is 0.231. The van der Waals surface area contributed by atoms with Crippen LogP contribution in [0.15, 0.2) is 18.2 Å². The summed E-state index contributed by atoms with van der Waals surface area (Å²) in [6, 6.07) is 4.09. The van der Waals surface area contributed by atoms with Crippen LogP contribution in [0.25, 0.3) is 0 Å². The number of carbonyl (C=O) groups excluding carboxylic acids is 1. The maximum absolute atomic E-state index is 13.1. The van der Waals surface area contributed by atoms with E-state index in [9.17, 15) is 22.4 Å². The molecule has 0 unspecified atom stereocenters. The molecule has 100 valence electrons. The van der Waals surface area contributed by atoms with Crippen molar-refractivity contribution in [3.8, 4) is 0 Å². The highest BCUT2D eigenvalue weighted by atomic mass is 127. The van der Waals surface area contributed by atoms with Crippen molar-refractivity contribution < 1.29 is 22.4 Å². The minimum absolute atomic E-state index is 0.208. The normalized spacial score (nSPS) is 11.4. The summed E-state index contributed by atoms with van der Waals surface area (Å²) in [5, 5.41) is 4.27. The number of halogens is 5. The van der Waals surface area contributed by atoms with Crippen LogP contribution in [0.1, 0.15) is 0 Å². The molecule has 0 aromatic heterocycles. The molecule has 0 heterocycles. The fourth-order valence-corrected chi connectivity index (χ4v) is 1.61. The molecule has 0 saturated heterocycles. The molecule has 0 spiro atoms. The summed E-state index contributed by atoms with van der Waals surface area (Å²) >= 11 is 1.70. The van der Waals surface area contributed by atoms with Crippen molar-refractivity contribution in [3.63, 3.8) is 0 Å². The lowest BCUT2D eigenvalue weighted by Crippen LogP contribution is -2.35. The Balaban J connectivity index is 2.48. The molecule has 0 aliphatic heterocycles. The Kier molecular flexibility index (Phi) is 5.32. The van der Waals surface area contributed by atoms with Crippen LogP contribution in [0.5, 0.6) is 0 Å². The summed E-state index contributed by atoms with van der Waals surface area (Å²) < 4.78 is 48.7. The Hall–Kier alpha value is -0.900. The number of anilines is 1. The van der Waals surface area contributed by atoms with Crippen molar-refractivity contribution in [2.75, 3.05) is 18.4 Å². The van der Waals surface area contributed by atoms with Crippen LogP contribution in [0.4, 0.5) is 23.2 Å². The van der Waals surface area contributed by atoms with Crippen molar-refractivity contribution in [3.05, 3.63) is 27.6 Å². The number of nitrogens with one attached hydrogen (secondary N) is 2. The van der Waals surface area contributed by atoms with Crippen molar-refractivity contribution in [1.29, 1.82) is 0 Å². The van der Waals surface area contributed by atoms with E-state index in [2.05, 4.69) is 5.32 Å². The van der Waals surface area contributed by atoms with Gasteiger partial charge >= 0.3 is 6.18 Å². The summed E-state index contributed by atoms with van der Waals surface area (Å²) in [5.74, 6) is -1.17. The summed E-state index contributed by atoms with van der Waals surface area (Å²) in [6.45, 7) is -1.74. The molecular weight excluding hydrogens is 367 g/mol. The molecule has 0 fully saturated rings. The highest BCUT2D eigenvalue weighted by molar-refractivity contribution is 14.1. The second-order valence-electron chi connectivity index (χ2n) is 3.37. The van der Waals surface area contributed by atoms with E-state index in [0.29, 0.717) is 0 Å². The zero-order valence-corrected chi connectivity index (χ0v) is 11.1. The Morgan fingerprint density at radius 3 is 2.61 bits per heavy atom. The van der Waals surface area contributed by atoms with Gasteiger partial charge in [0.25, 0.3) is 0 Å². The van der Waals surface area contributed by atoms with Crippen LogP contribution in [-0.4, -0.2) is 25.2 Å². The van der Waals surface area contributed by atoms with E-state index in [-0.39, 0.29) is 9.26 Å². The van der Waals surface area contributed by atoms with Gasteiger partial charge in [0.05, 0.1) is 22.3 Å². The molecule has 0 aliphatic carbocycles. The third-order valence-electron chi connectivity index (χ3n) is 1.84. The van der Waals surface area contributed by atoms with Gasteiger partial charge in [-0.2, -0.15) is 13.2 Å². The minimum atomic E-state index is -4.37. The molecule has 1 amide bonds. The Labute approximate surface area is 114 Å². The first-order chi connectivity index (χ1) is 8.29. The van der Waals surface area contributed by atoms with Crippen molar-refractivity contribution in [1.82, 2.24) is 5.32 Å². The summed E-state index contributed by atoms with van der Waals surface area (Å²) in [7, 11) is 0. The Bertz CT molecular complexity index is 436. The third kappa shape index (κ3) is 5.17. The van der Waals surface area contributed by atoms with Gasteiger partial charge in [0, 0.05) is 0 Å². The average molecular weight is 376 g/mol. The number of rotatable bonds is 4. The number of amides is 1. The number of hydrogen-bond donors (Lipinski definition) is 2. The average Bonchev–Trinajstić information content (AvgIpc) is 2.23.